The van der Waals surface area contributed by atoms with Gasteiger partial charge in [0, 0.05) is 38.4 Å². The highest BCUT2D eigenvalue weighted by Crippen LogP contribution is 2.31. The Balaban J connectivity index is 1.65. The van der Waals surface area contributed by atoms with Gasteiger partial charge in [0.25, 0.3) is 17.6 Å². The highest BCUT2D eigenvalue weighted by atomic mass is 16.5. The minimum Gasteiger partial charge on any atom is -0.494 e. The number of nitrogens with zero attached hydrogens (tertiary/aromatic N) is 7. The number of rotatable bonds is 5. The Morgan fingerprint density at radius 2 is 1.91 bits per heavy atom. The molecule has 12 heteroatoms. The molecular formula is C23H22N8O4. The number of pyridine rings is 2. The fourth-order valence-electron chi connectivity index (χ4n) is 3.26. The average molecular weight is 486 g/mol. The molecule has 0 aromatic carbocycles. The van der Waals surface area contributed by atoms with Crippen LogP contribution < -0.4 is 4.74 Å². The Labute approximate surface area is 215 Å². The van der Waals surface area contributed by atoms with E-state index < -0.39 is 72.5 Å². The van der Waals surface area contributed by atoms with Gasteiger partial charge in [0.1, 0.15) is 23.6 Å². The van der Waals surface area contributed by atoms with Crippen LogP contribution in [0.3, 0.4) is 0 Å². The van der Waals surface area contributed by atoms with Crippen molar-refractivity contribution in [3.05, 3.63) is 60.2 Å². The van der Waals surface area contributed by atoms with Gasteiger partial charge in [0.05, 0.1) is 44.8 Å². The Morgan fingerprint density at radius 3 is 2.60 bits per heavy atom. The second kappa shape index (κ2) is 8.97. The minimum atomic E-state index is -3.88. The van der Waals surface area contributed by atoms with Crippen LogP contribution in [0, 0.1) is 6.92 Å². The van der Waals surface area contributed by atoms with Crippen LogP contribution in [-0.4, -0.2) is 90.1 Å². The number of amides is 2. The molecule has 1 fully saturated rings. The van der Waals surface area contributed by atoms with Gasteiger partial charge in [0.2, 0.25) is 0 Å². The maximum absolute atomic E-state index is 13.8. The van der Waals surface area contributed by atoms with E-state index in [2.05, 4.69) is 25.0 Å². The van der Waals surface area contributed by atoms with E-state index in [1.54, 1.807) is 6.92 Å². The zero-order valence-corrected chi connectivity index (χ0v) is 17.8. The van der Waals surface area contributed by atoms with Crippen LogP contribution in [0.2, 0.25) is 0 Å². The molecule has 0 radical (unpaired) electrons. The normalized spacial score (nSPS) is 24.5. The van der Waals surface area contributed by atoms with Gasteiger partial charge in [-0.2, -0.15) is 5.10 Å². The maximum Gasteiger partial charge on any atom is 0.295 e. The molecule has 1 N–H and O–H groups in total. The molecular weight excluding hydrogens is 452 g/mol. The molecule has 0 spiro atoms. The molecule has 0 unspecified atom stereocenters. The van der Waals surface area contributed by atoms with Crippen molar-refractivity contribution in [3.8, 4) is 11.6 Å². The third-order valence-electron chi connectivity index (χ3n) is 4.86. The highest BCUT2D eigenvalue weighted by molar-refractivity contribution is 6.45. The Hall–Kier alpha value is -4.61. The number of carbonyl (C=O) groups is 3. The van der Waals surface area contributed by atoms with Crippen LogP contribution in [0.4, 0.5) is 0 Å². The standard InChI is InChI=1S/C23H22N8O4/c1-14-27-13-31(28-14)21-19-18(17(35-2)12-26-21)15(11-25-19)20(32)23(34)30-9-7-29(8-10-30)22(33)16-5-3-4-6-24-16/h3-6,11-13,25H,7-10H2,1-2H3/i2D3,7D2,8D2,9D2,10D2. The number of H-pyrrole nitrogens is 1. The molecule has 1 aliphatic rings. The number of fused-ring (bicyclic) bond motifs is 1. The number of ketones is 1. The van der Waals surface area contributed by atoms with Crippen molar-refractivity contribution in [1.29, 1.82) is 0 Å². The topological polar surface area (TPSA) is 139 Å². The lowest BCUT2D eigenvalue weighted by atomic mass is 10.1. The Morgan fingerprint density at radius 1 is 1.11 bits per heavy atom. The highest BCUT2D eigenvalue weighted by Gasteiger charge is 2.31. The molecule has 4 aromatic heterocycles. The summed E-state index contributed by atoms with van der Waals surface area (Å²) in [6.45, 7) is -13.8. The molecule has 4 aromatic rings. The van der Waals surface area contributed by atoms with E-state index in [9.17, 15) is 14.4 Å². The van der Waals surface area contributed by atoms with Crippen molar-refractivity contribution in [2.45, 2.75) is 6.92 Å². The Bertz CT molecular complexity index is 1850. The van der Waals surface area contributed by atoms with Crippen molar-refractivity contribution in [2.75, 3.05) is 33.0 Å². The molecule has 35 heavy (non-hydrogen) atoms. The van der Waals surface area contributed by atoms with Gasteiger partial charge in [0.15, 0.2) is 5.82 Å². The van der Waals surface area contributed by atoms with Crippen molar-refractivity contribution >= 4 is 28.5 Å². The second-order valence-electron chi connectivity index (χ2n) is 7.01. The first-order valence-electron chi connectivity index (χ1n) is 15.4. The van der Waals surface area contributed by atoms with Gasteiger partial charge in [-0.3, -0.25) is 19.4 Å². The molecule has 5 rings (SSSR count). The number of aromatic amines is 1. The molecule has 0 atom stereocenters. The first-order valence-corrected chi connectivity index (χ1v) is 9.87. The summed E-state index contributed by atoms with van der Waals surface area (Å²) < 4.78 is 96.6. The van der Waals surface area contributed by atoms with Crippen molar-refractivity contribution in [2.24, 2.45) is 0 Å². The number of carbonyl (C=O) groups excluding carboxylic acids is 3. The number of aryl methyl sites for hydroxylation is 1. The number of hydrogen-bond donors (Lipinski definition) is 1. The van der Waals surface area contributed by atoms with E-state index in [0.717, 1.165) is 29.3 Å². The largest absolute Gasteiger partial charge is 0.494 e. The van der Waals surface area contributed by atoms with Gasteiger partial charge in [-0.25, -0.2) is 14.6 Å². The van der Waals surface area contributed by atoms with E-state index in [4.69, 9.17) is 19.8 Å². The van der Waals surface area contributed by atoms with Crippen molar-refractivity contribution in [1.82, 2.24) is 39.5 Å². The van der Waals surface area contributed by atoms with Crippen LogP contribution in [0.5, 0.6) is 5.75 Å². The molecule has 1 aliphatic heterocycles. The van der Waals surface area contributed by atoms with Gasteiger partial charge in [-0.15, -0.1) is 0 Å². The van der Waals surface area contributed by atoms with Gasteiger partial charge < -0.3 is 19.5 Å². The van der Waals surface area contributed by atoms with Crippen molar-refractivity contribution in [3.63, 3.8) is 0 Å². The molecule has 0 aliphatic carbocycles. The summed E-state index contributed by atoms with van der Waals surface area (Å²) in [6, 6.07) is 3.77. The first-order chi connectivity index (χ1) is 21.1. The molecule has 5 heterocycles. The summed E-state index contributed by atoms with van der Waals surface area (Å²) in [5.74, 6) is -5.59. The summed E-state index contributed by atoms with van der Waals surface area (Å²) >= 11 is 0. The van der Waals surface area contributed by atoms with Crippen LogP contribution in [0.1, 0.15) is 41.7 Å². The lowest BCUT2D eigenvalue weighted by Gasteiger charge is -2.34. The van der Waals surface area contributed by atoms with Crippen molar-refractivity contribution < 1.29 is 34.2 Å². The Kier molecular flexibility index (Phi) is 3.27. The molecule has 178 valence electrons. The average Bonchev–Trinajstić information content (AvgIpc) is 3.58. The predicted molar refractivity (Wildman–Crippen MR) is 123 cm³/mol. The third kappa shape index (κ3) is 3.98. The lowest BCUT2D eigenvalue weighted by Crippen LogP contribution is -2.52. The van der Waals surface area contributed by atoms with E-state index in [1.807, 2.05) is 0 Å². The van der Waals surface area contributed by atoms with E-state index in [1.165, 1.54) is 18.5 Å². The molecule has 1 saturated heterocycles. The fourth-order valence-corrected chi connectivity index (χ4v) is 3.26. The van der Waals surface area contributed by atoms with Gasteiger partial charge in [-0.05, 0) is 19.1 Å². The zero-order valence-electron chi connectivity index (χ0n) is 28.8. The van der Waals surface area contributed by atoms with Crippen LogP contribution in [-0.2, 0) is 4.79 Å². The smallest absolute Gasteiger partial charge is 0.295 e. The summed E-state index contributed by atoms with van der Waals surface area (Å²) in [7, 11) is -3.08. The zero-order chi connectivity index (χ0) is 34.2. The number of hydrogen-bond acceptors (Lipinski definition) is 8. The SMILES string of the molecule is [2H]C([2H])([2H])Oc1cnc(-n2cnc(C)n2)c2[nH]cc(C(=O)C(=O)N3C([2H])([2H])C([2H])([2H])N(C(=O)c4ccccn4)C([2H])([2H])C3([2H])[2H])c12. The van der Waals surface area contributed by atoms with Gasteiger partial charge in [-0.1, -0.05) is 6.07 Å². The monoisotopic (exact) mass is 485 g/mol. The summed E-state index contributed by atoms with van der Waals surface area (Å²) in [4.78, 5) is 54.4. The van der Waals surface area contributed by atoms with E-state index in [-0.39, 0.29) is 21.6 Å². The summed E-state index contributed by atoms with van der Waals surface area (Å²) in [6.07, 6.45) is 4.18. The molecule has 12 nitrogen and oxygen atoms in total. The molecule has 0 bridgehead atoms. The number of aromatic nitrogens is 6. The number of ether oxygens (including phenoxy) is 1. The fraction of sp³-hybridized carbons (Fsp3) is 0.261. The second-order valence-corrected chi connectivity index (χ2v) is 7.01. The van der Waals surface area contributed by atoms with Crippen LogP contribution in [0.15, 0.2) is 43.1 Å². The van der Waals surface area contributed by atoms with E-state index in [0.29, 0.717) is 5.82 Å². The quantitative estimate of drug-likeness (QED) is 0.327. The summed E-state index contributed by atoms with van der Waals surface area (Å²) in [5.41, 5.74) is -1.34. The lowest BCUT2D eigenvalue weighted by molar-refractivity contribution is -0.127. The number of piperazine rings is 1. The molecule has 2 amide bonds. The molecule has 0 saturated carbocycles. The number of nitrogens with one attached hydrogen (secondary N) is 1. The summed E-state index contributed by atoms with van der Waals surface area (Å²) in [5, 5.41) is 3.73. The maximum atomic E-state index is 13.8. The van der Waals surface area contributed by atoms with Crippen LogP contribution in [0.25, 0.3) is 16.7 Å². The number of methoxy groups -OCH3 is 1. The van der Waals surface area contributed by atoms with E-state index >= 15 is 0 Å². The van der Waals surface area contributed by atoms with Crippen LogP contribution >= 0.6 is 0 Å². The first kappa shape index (κ1) is 12.7. The number of Topliss-reactive ketones (excluding diaryl/α,β-unsaturated/α-hetero) is 1. The third-order valence-corrected chi connectivity index (χ3v) is 4.86. The minimum absolute atomic E-state index is 0.0417. The van der Waals surface area contributed by atoms with Gasteiger partial charge >= 0.3 is 0 Å². The predicted octanol–water partition coefficient (Wildman–Crippen LogP) is 1.02.